The third-order valence-electron chi connectivity index (χ3n) is 5.29. The summed E-state index contributed by atoms with van der Waals surface area (Å²) >= 11 is 7.84. The first-order valence-corrected chi connectivity index (χ1v) is 10.8. The number of rotatable bonds is 4. The highest BCUT2D eigenvalue weighted by molar-refractivity contribution is 7.22. The van der Waals surface area contributed by atoms with Crippen molar-refractivity contribution in [3.8, 4) is 6.07 Å². The third kappa shape index (κ3) is 4.30. The number of benzene rings is 2. The minimum absolute atomic E-state index is 0.475. The highest BCUT2D eigenvalue weighted by atomic mass is 35.5. The Morgan fingerprint density at radius 1 is 1.14 bits per heavy atom. The number of hydrogen-bond donors (Lipinski definition) is 0. The zero-order valence-corrected chi connectivity index (χ0v) is 17.6. The fourth-order valence-corrected chi connectivity index (χ4v) is 4.97. The van der Waals surface area contributed by atoms with Crippen molar-refractivity contribution in [3.05, 3.63) is 58.1 Å². The molecule has 4 rings (SSSR count). The van der Waals surface area contributed by atoms with Gasteiger partial charge in [0.05, 0.1) is 22.7 Å². The van der Waals surface area contributed by atoms with Gasteiger partial charge in [-0.25, -0.2) is 4.98 Å². The van der Waals surface area contributed by atoms with Crippen molar-refractivity contribution < 1.29 is 0 Å². The summed E-state index contributed by atoms with van der Waals surface area (Å²) in [6.45, 7) is 7.19. The monoisotopic (exact) mass is 410 g/mol. The van der Waals surface area contributed by atoms with Gasteiger partial charge in [0.1, 0.15) is 0 Å². The molecule has 0 N–H and O–H groups in total. The van der Waals surface area contributed by atoms with Gasteiger partial charge in [0.25, 0.3) is 0 Å². The van der Waals surface area contributed by atoms with Gasteiger partial charge in [-0.05, 0) is 48.2 Å². The van der Waals surface area contributed by atoms with Crippen molar-refractivity contribution in [3.63, 3.8) is 0 Å². The highest BCUT2D eigenvalue weighted by Crippen LogP contribution is 2.31. The van der Waals surface area contributed by atoms with Crippen LogP contribution in [0.1, 0.15) is 23.1 Å². The van der Waals surface area contributed by atoms with Crippen LogP contribution in [0, 0.1) is 18.3 Å². The number of nitrogens with zero attached hydrogens (tertiary/aromatic N) is 4. The lowest BCUT2D eigenvalue weighted by Crippen LogP contribution is -2.30. The molecule has 3 aromatic rings. The van der Waals surface area contributed by atoms with Crippen molar-refractivity contribution in [2.75, 3.05) is 31.1 Å². The zero-order chi connectivity index (χ0) is 19.5. The van der Waals surface area contributed by atoms with Gasteiger partial charge >= 0.3 is 0 Å². The Kier molecular flexibility index (Phi) is 5.82. The number of fused-ring (bicyclic) bond motifs is 1. The van der Waals surface area contributed by atoms with E-state index in [1.54, 1.807) is 11.3 Å². The molecule has 0 bridgehead atoms. The Morgan fingerprint density at radius 3 is 2.89 bits per heavy atom. The van der Waals surface area contributed by atoms with Crippen LogP contribution in [0.5, 0.6) is 0 Å². The molecule has 2 aromatic carbocycles. The van der Waals surface area contributed by atoms with Crippen LogP contribution in [0.2, 0.25) is 5.02 Å². The second-order valence-corrected chi connectivity index (χ2v) is 8.77. The normalized spacial score (nSPS) is 15.5. The topological polar surface area (TPSA) is 43.2 Å². The molecule has 1 aliphatic rings. The molecule has 28 heavy (non-hydrogen) atoms. The minimum atomic E-state index is 0.475. The number of aryl methyl sites for hydroxylation is 1. The summed E-state index contributed by atoms with van der Waals surface area (Å²) < 4.78 is 1.15. The number of halogens is 1. The number of hydrogen-bond acceptors (Lipinski definition) is 5. The van der Waals surface area contributed by atoms with Crippen molar-refractivity contribution in [2.24, 2.45) is 0 Å². The molecular formula is C22H23ClN4S. The molecule has 6 heteroatoms. The maximum atomic E-state index is 8.97. The molecule has 1 fully saturated rings. The van der Waals surface area contributed by atoms with E-state index in [-0.39, 0.29) is 0 Å². The van der Waals surface area contributed by atoms with E-state index in [2.05, 4.69) is 41.0 Å². The standard InChI is InChI=1S/C22H23ClN4S/c1-16-3-4-17(7-8-24)13-18(16)15-26-9-2-10-27(12-11-26)22-25-20-6-5-19(23)14-21(20)28-22/h3-6,13-14H,2,7,9-12,15H2,1H3. The average molecular weight is 411 g/mol. The second kappa shape index (κ2) is 8.48. The SMILES string of the molecule is Cc1ccc(CC#N)cc1CN1CCCN(c2nc3ccc(Cl)cc3s2)CC1. The van der Waals surface area contributed by atoms with E-state index < -0.39 is 0 Å². The quantitative estimate of drug-likeness (QED) is 0.604. The maximum absolute atomic E-state index is 8.97. The molecule has 0 amide bonds. The van der Waals surface area contributed by atoms with Gasteiger partial charge in [-0.3, -0.25) is 4.90 Å². The molecule has 1 aromatic heterocycles. The van der Waals surface area contributed by atoms with Gasteiger partial charge in [0, 0.05) is 37.7 Å². The second-order valence-electron chi connectivity index (χ2n) is 7.32. The number of aromatic nitrogens is 1. The smallest absolute Gasteiger partial charge is 0.186 e. The maximum Gasteiger partial charge on any atom is 0.186 e. The Bertz CT molecular complexity index is 1020. The van der Waals surface area contributed by atoms with Gasteiger partial charge in [0.2, 0.25) is 0 Å². The van der Waals surface area contributed by atoms with E-state index >= 15 is 0 Å². The average Bonchev–Trinajstić information content (AvgIpc) is 2.95. The largest absolute Gasteiger partial charge is 0.347 e. The van der Waals surface area contributed by atoms with E-state index in [9.17, 15) is 0 Å². The number of anilines is 1. The lowest BCUT2D eigenvalue weighted by Gasteiger charge is -2.22. The molecular weight excluding hydrogens is 388 g/mol. The Morgan fingerprint density at radius 2 is 2.04 bits per heavy atom. The molecule has 1 saturated heterocycles. The van der Waals surface area contributed by atoms with E-state index in [0.29, 0.717) is 6.42 Å². The van der Waals surface area contributed by atoms with Gasteiger partial charge in [-0.1, -0.05) is 41.1 Å². The van der Waals surface area contributed by atoms with Crippen molar-refractivity contribution in [1.82, 2.24) is 9.88 Å². The molecule has 4 nitrogen and oxygen atoms in total. The van der Waals surface area contributed by atoms with Crippen LogP contribution in [-0.4, -0.2) is 36.1 Å². The predicted molar refractivity (Wildman–Crippen MR) is 117 cm³/mol. The van der Waals surface area contributed by atoms with Gasteiger partial charge in [-0.15, -0.1) is 0 Å². The Balaban J connectivity index is 1.45. The number of thiazole rings is 1. The van der Waals surface area contributed by atoms with Crippen LogP contribution in [0.3, 0.4) is 0 Å². The van der Waals surface area contributed by atoms with Crippen molar-refractivity contribution >= 4 is 38.3 Å². The van der Waals surface area contributed by atoms with Gasteiger partial charge in [-0.2, -0.15) is 5.26 Å². The summed E-state index contributed by atoms with van der Waals surface area (Å²) in [6.07, 6.45) is 1.59. The van der Waals surface area contributed by atoms with Crippen LogP contribution < -0.4 is 4.90 Å². The summed E-state index contributed by atoms with van der Waals surface area (Å²) in [5.74, 6) is 0. The van der Waals surface area contributed by atoms with Gasteiger partial charge < -0.3 is 4.90 Å². The molecule has 0 radical (unpaired) electrons. The van der Waals surface area contributed by atoms with Crippen LogP contribution in [0.25, 0.3) is 10.2 Å². The lowest BCUT2D eigenvalue weighted by molar-refractivity contribution is 0.285. The molecule has 144 valence electrons. The molecule has 0 saturated carbocycles. The van der Waals surface area contributed by atoms with E-state index in [4.69, 9.17) is 21.8 Å². The van der Waals surface area contributed by atoms with Crippen LogP contribution >= 0.6 is 22.9 Å². The van der Waals surface area contributed by atoms with Crippen LogP contribution in [0.4, 0.5) is 5.13 Å². The number of nitriles is 1. The third-order valence-corrected chi connectivity index (χ3v) is 6.60. The Labute approximate surface area is 175 Å². The predicted octanol–water partition coefficient (Wildman–Crippen LogP) is 5.04. The van der Waals surface area contributed by atoms with E-state index in [1.165, 1.54) is 11.1 Å². The summed E-state index contributed by atoms with van der Waals surface area (Å²) in [5.41, 5.74) is 4.75. The Hall–Kier alpha value is -2.13. The first-order chi connectivity index (χ1) is 13.6. The first-order valence-electron chi connectivity index (χ1n) is 9.61. The molecule has 2 heterocycles. The first kappa shape index (κ1) is 19.2. The molecule has 0 aliphatic carbocycles. The summed E-state index contributed by atoms with van der Waals surface area (Å²) in [4.78, 5) is 9.73. The fraction of sp³-hybridized carbons (Fsp3) is 0.364. The van der Waals surface area contributed by atoms with E-state index in [1.807, 2.05) is 18.2 Å². The molecule has 0 spiro atoms. The van der Waals surface area contributed by atoms with Crippen LogP contribution in [-0.2, 0) is 13.0 Å². The van der Waals surface area contributed by atoms with E-state index in [0.717, 1.165) is 65.1 Å². The summed E-state index contributed by atoms with van der Waals surface area (Å²) in [7, 11) is 0. The zero-order valence-electron chi connectivity index (χ0n) is 16.0. The lowest BCUT2D eigenvalue weighted by atomic mass is 10.0. The molecule has 0 atom stereocenters. The summed E-state index contributed by atoms with van der Waals surface area (Å²) in [6, 6.07) is 14.5. The van der Waals surface area contributed by atoms with Crippen LogP contribution in [0.15, 0.2) is 36.4 Å². The minimum Gasteiger partial charge on any atom is -0.347 e. The summed E-state index contributed by atoms with van der Waals surface area (Å²) in [5, 5.41) is 10.8. The molecule has 0 unspecified atom stereocenters. The highest BCUT2D eigenvalue weighted by Gasteiger charge is 2.19. The fourth-order valence-electron chi connectivity index (χ4n) is 3.68. The van der Waals surface area contributed by atoms with Gasteiger partial charge in [0.15, 0.2) is 5.13 Å². The molecule has 1 aliphatic heterocycles. The van der Waals surface area contributed by atoms with Crippen molar-refractivity contribution in [2.45, 2.75) is 26.3 Å². The van der Waals surface area contributed by atoms with Crippen molar-refractivity contribution in [1.29, 1.82) is 5.26 Å².